The van der Waals surface area contributed by atoms with E-state index in [1.165, 1.54) is 6.07 Å². The maximum absolute atomic E-state index is 13.5. The number of anilines is 3. The molecule has 0 amide bonds. The van der Waals surface area contributed by atoms with Crippen LogP contribution in [0, 0.1) is 19.7 Å². The molecule has 0 aliphatic heterocycles. The van der Waals surface area contributed by atoms with Crippen LogP contribution in [0.4, 0.5) is 21.7 Å². The minimum Gasteiger partial charge on any atom is -0.370 e. The summed E-state index contributed by atoms with van der Waals surface area (Å²) in [7, 11) is 0. The van der Waals surface area contributed by atoms with Crippen molar-refractivity contribution in [2.24, 2.45) is 0 Å². The zero-order valence-electron chi connectivity index (χ0n) is 11.3. The number of benzene rings is 1. The third kappa shape index (κ3) is 3.19. The largest absolute Gasteiger partial charge is 0.370 e. The molecule has 0 aliphatic rings. The highest BCUT2D eigenvalue weighted by atomic mass is 19.1. The number of halogens is 1. The van der Waals surface area contributed by atoms with Crippen LogP contribution in [0.3, 0.4) is 0 Å². The molecule has 0 saturated heterocycles. The van der Waals surface area contributed by atoms with Crippen LogP contribution in [0.5, 0.6) is 0 Å². The molecule has 19 heavy (non-hydrogen) atoms. The fourth-order valence-corrected chi connectivity index (χ4v) is 1.78. The van der Waals surface area contributed by atoms with Crippen LogP contribution >= 0.6 is 0 Å². The van der Waals surface area contributed by atoms with Gasteiger partial charge < -0.3 is 10.6 Å². The van der Waals surface area contributed by atoms with Gasteiger partial charge in [0, 0.05) is 23.9 Å². The molecule has 0 fully saturated rings. The molecule has 2 N–H and O–H groups in total. The Morgan fingerprint density at radius 2 is 1.89 bits per heavy atom. The maximum Gasteiger partial charge on any atom is 0.136 e. The van der Waals surface area contributed by atoms with Crippen molar-refractivity contribution in [3.05, 3.63) is 41.5 Å². The van der Waals surface area contributed by atoms with Crippen molar-refractivity contribution in [2.45, 2.75) is 20.8 Å². The van der Waals surface area contributed by atoms with Crippen LogP contribution in [-0.4, -0.2) is 16.5 Å². The minimum atomic E-state index is -0.234. The van der Waals surface area contributed by atoms with Crippen molar-refractivity contribution in [3.8, 4) is 0 Å². The van der Waals surface area contributed by atoms with Gasteiger partial charge in [-0.1, -0.05) is 6.07 Å². The van der Waals surface area contributed by atoms with Crippen molar-refractivity contribution < 1.29 is 4.39 Å². The lowest BCUT2D eigenvalue weighted by Gasteiger charge is -2.11. The summed E-state index contributed by atoms with van der Waals surface area (Å²) in [5, 5.41) is 6.26. The van der Waals surface area contributed by atoms with Gasteiger partial charge in [-0.25, -0.2) is 14.4 Å². The highest BCUT2D eigenvalue weighted by Crippen LogP contribution is 2.22. The SMILES string of the molecule is CCNc1cc(Nc2cccc(F)c2C)nc(C)n1. The number of nitrogens with one attached hydrogen (secondary N) is 2. The molecule has 1 heterocycles. The topological polar surface area (TPSA) is 49.8 Å². The average Bonchev–Trinajstić information content (AvgIpc) is 2.35. The first-order valence-electron chi connectivity index (χ1n) is 6.22. The van der Waals surface area contributed by atoms with Crippen LogP contribution in [0.2, 0.25) is 0 Å². The molecule has 0 bridgehead atoms. The number of nitrogens with zero attached hydrogens (tertiary/aromatic N) is 2. The van der Waals surface area contributed by atoms with Gasteiger partial charge in [-0.3, -0.25) is 0 Å². The van der Waals surface area contributed by atoms with Gasteiger partial charge in [0.05, 0.1) is 0 Å². The fraction of sp³-hybridized carbons (Fsp3) is 0.286. The van der Waals surface area contributed by atoms with Gasteiger partial charge in [-0.05, 0) is 32.9 Å². The standard InChI is InChI=1S/C14H17FN4/c1-4-16-13-8-14(18-10(3)17-13)19-12-7-5-6-11(15)9(12)2/h5-8H,4H2,1-3H3,(H2,16,17,18,19). The molecule has 0 unspecified atom stereocenters. The normalized spacial score (nSPS) is 10.3. The fourth-order valence-electron chi connectivity index (χ4n) is 1.78. The van der Waals surface area contributed by atoms with E-state index in [2.05, 4.69) is 20.6 Å². The summed E-state index contributed by atoms with van der Waals surface area (Å²) in [6.45, 7) is 6.34. The van der Waals surface area contributed by atoms with E-state index in [0.717, 1.165) is 12.4 Å². The van der Waals surface area contributed by atoms with Gasteiger partial charge >= 0.3 is 0 Å². The van der Waals surface area contributed by atoms with Crippen molar-refractivity contribution >= 4 is 17.3 Å². The van der Waals surface area contributed by atoms with Crippen LogP contribution < -0.4 is 10.6 Å². The van der Waals surface area contributed by atoms with E-state index in [9.17, 15) is 4.39 Å². The second-order valence-corrected chi connectivity index (χ2v) is 4.25. The molecule has 0 radical (unpaired) electrons. The summed E-state index contributed by atoms with van der Waals surface area (Å²) >= 11 is 0. The van der Waals surface area contributed by atoms with Gasteiger partial charge in [-0.2, -0.15) is 0 Å². The number of rotatable bonds is 4. The first-order valence-corrected chi connectivity index (χ1v) is 6.22. The van der Waals surface area contributed by atoms with Crippen molar-refractivity contribution in [1.29, 1.82) is 0 Å². The highest BCUT2D eigenvalue weighted by Gasteiger charge is 2.06. The molecule has 0 aliphatic carbocycles. The molecule has 2 aromatic rings. The van der Waals surface area contributed by atoms with Gasteiger partial charge in [0.2, 0.25) is 0 Å². The summed E-state index contributed by atoms with van der Waals surface area (Å²) < 4.78 is 13.5. The van der Waals surface area contributed by atoms with E-state index < -0.39 is 0 Å². The lowest BCUT2D eigenvalue weighted by atomic mass is 10.2. The van der Waals surface area contributed by atoms with Crippen molar-refractivity contribution in [3.63, 3.8) is 0 Å². The smallest absolute Gasteiger partial charge is 0.136 e. The Morgan fingerprint density at radius 1 is 1.16 bits per heavy atom. The quantitative estimate of drug-likeness (QED) is 0.884. The van der Waals surface area contributed by atoms with E-state index in [0.29, 0.717) is 22.9 Å². The van der Waals surface area contributed by atoms with E-state index in [1.54, 1.807) is 19.1 Å². The lowest BCUT2D eigenvalue weighted by molar-refractivity contribution is 0.619. The van der Waals surface area contributed by atoms with Crippen LogP contribution in [0.15, 0.2) is 24.3 Å². The zero-order valence-corrected chi connectivity index (χ0v) is 11.3. The summed E-state index contributed by atoms with van der Waals surface area (Å²) in [6, 6.07) is 6.74. The van der Waals surface area contributed by atoms with Gasteiger partial charge in [0.15, 0.2) is 0 Å². The molecule has 1 aromatic carbocycles. The first kappa shape index (κ1) is 13.3. The number of hydrogen-bond donors (Lipinski definition) is 2. The van der Waals surface area contributed by atoms with Crippen LogP contribution in [0.25, 0.3) is 0 Å². The molecule has 5 heteroatoms. The molecular formula is C14H17FN4. The van der Waals surface area contributed by atoms with Crippen LogP contribution in [-0.2, 0) is 0 Å². The van der Waals surface area contributed by atoms with Crippen molar-refractivity contribution in [2.75, 3.05) is 17.2 Å². The highest BCUT2D eigenvalue weighted by molar-refractivity contribution is 5.62. The monoisotopic (exact) mass is 260 g/mol. The Bertz CT molecular complexity index is 584. The Hall–Kier alpha value is -2.17. The minimum absolute atomic E-state index is 0.234. The van der Waals surface area contributed by atoms with Gasteiger partial charge in [0.1, 0.15) is 23.3 Å². The number of hydrogen-bond acceptors (Lipinski definition) is 4. The van der Waals surface area contributed by atoms with E-state index in [4.69, 9.17) is 0 Å². The molecule has 0 spiro atoms. The Kier molecular flexibility index (Phi) is 3.94. The second-order valence-electron chi connectivity index (χ2n) is 4.25. The molecule has 2 rings (SSSR count). The third-order valence-electron chi connectivity index (χ3n) is 2.73. The predicted octanol–water partition coefficient (Wildman–Crippen LogP) is 3.41. The number of aryl methyl sites for hydroxylation is 1. The Morgan fingerprint density at radius 3 is 2.63 bits per heavy atom. The molecule has 0 atom stereocenters. The Balaban J connectivity index is 2.30. The lowest BCUT2D eigenvalue weighted by Crippen LogP contribution is -2.04. The number of aromatic nitrogens is 2. The summed E-state index contributed by atoms with van der Waals surface area (Å²) in [5.74, 6) is 1.83. The first-order chi connectivity index (χ1) is 9.10. The van der Waals surface area contributed by atoms with Gasteiger partial charge in [-0.15, -0.1) is 0 Å². The van der Waals surface area contributed by atoms with Crippen LogP contribution in [0.1, 0.15) is 18.3 Å². The van der Waals surface area contributed by atoms with E-state index >= 15 is 0 Å². The second kappa shape index (κ2) is 5.65. The summed E-state index contributed by atoms with van der Waals surface area (Å²) in [6.07, 6.45) is 0. The van der Waals surface area contributed by atoms with Crippen molar-refractivity contribution in [1.82, 2.24) is 9.97 Å². The summed E-state index contributed by atoms with van der Waals surface area (Å²) in [4.78, 5) is 8.57. The molecule has 4 nitrogen and oxygen atoms in total. The predicted molar refractivity (Wildman–Crippen MR) is 75.4 cm³/mol. The van der Waals surface area contributed by atoms with E-state index in [1.807, 2.05) is 19.9 Å². The zero-order chi connectivity index (χ0) is 13.8. The Labute approximate surface area is 112 Å². The third-order valence-corrected chi connectivity index (χ3v) is 2.73. The molecule has 1 aromatic heterocycles. The molecule has 0 saturated carbocycles. The molecular weight excluding hydrogens is 243 g/mol. The summed E-state index contributed by atoms with van der Waals surface area (Å²) in [5.41, 5.74) is 1.28. The maximum atomic E-state index is 13.5. The molecule has 100 valence electrons. The van der Waals surface area contributed by atoms with Gasteiger partial charge in [0.25, 0.3) is 0 Å². The average molecular weight is 260 g/mol. The van der Waals surface area contributed by atoms with E-state index in [-0.39, 0.29) is 5.82 Å².